The molecule has 0 bridgehead atoms. The zero-order valence-corrected chi connectivity index (χ0v) is 10.3. The molecule has 2 rings (SSSR count). The molecule has 2 atom stereocenters. The lowest BCUT2D eigenvalue weighted by atomic mass is 9.89. The molecule has 0 radical (unpaired) electrons. The van der Waals surface area contributed by atoms with Crippen molar-refractivity contribution in [3.8, 4) is 5.75 Å². The van der Waals surface area contributed by atoms with Crippen LogP contribution in [-0.4, -0.2) is 18.2 Å². The zero-order chi connectivity index (χ0) is 12.5. The van der Waals surface area contributed by atoms with Gasteiger partial charge in [-0.15, -0.1) is 0 Å². The number of benzene rings is 1. The van der Waals surface area contributed by atoms with Crippen LogP contribution in [0.1, 0.15) is 31.7 Å². The molecular weight excluding hydrogens is 216 g/mol. The Hall–Kier alpha value is -1.51. The number of carboxylic acid groups (broad SMARTS) is 1. The smallest absolute Gasteiger partial charge is 0.303 e. The van der Waals surface area contributed by atoms with Crippen LogP contribution in [-0.2, 0) is 10.2 Å². The van der Waals surface area contributed by atoms with Crippen molar-refractivity contribution in [1.82, 2.24) is 0 Å². The molecule has 1 saturated carbocycles. The Morgan fingerprint density at radius 1 is 1.47 bits per heavy atom. The Kier molecular flexibility index (Phi) is 3.09. The molecule has 17 heavy (non-hydrogen) atoms. The average molecular weight is 234 g/mol. The maximum atomic E-state index is 10.8. The Bertz CT molecular complexity index is 410. The van der Waals surface area contributed by atoms with E-state index in [0.29, 0.717) is 5.92 Å². The Labute approximate surface area is 101 Å². The second-order valence-electron chi connectivity index (χ2n) is 4.74. The van der Waals surface area contributed by atoms with E-state index in [4.69, 9.17) is 9.84 Å². The van der Waals surface area contributed by atoms with Gasteiger partial charge < -0.3 is 9.84 Å². The van der Waals surface area contributed by atoms with Crippen LogP contribution in [0.25, 0.3) is 0 Å². The summed E-state index contributed by atoms with van der Waals surface area (Å²) in [7, 11) is 1.65. The normalized spacial score (nSPS) is 26.6. The van der Waals surface area contributed by atoms with Crippen LogP contribution in [0, 0.1) is 5.92 Å². The highest BCUT2D eigenvalue weighted by molar-refractivity contribution is 5.68. The molecule has 0 spiro atoms. The van der Waals surface area contributed by atoms with Gasteiger partial charge in [0.05, 0.1) is 7.11 Å². The summed E-state index contributed by atoms with van der Waals surface area (Å²) in [6.07, 6.45) is 2.26. The topological polar surface area (TPSA) is 46.5 Å². The van der Waals surface area contributed by atoms with Crippen LogP contribution in [0.15, 0.2) is 24.3 Å². The first-order chi connectivity index (χ1) is 8.12. The van der Waals surface area contributed by atoms with E-state index in [1.807, 2.05) is 12.1 Å². The quantitative estimate of drug-likeness (QED) is 0.852. The molecule has 2 unspecified atom stereocenters. The molecule has 1 aromatic carbocycles. The molecule has 0 heterocycles. The van der Waals surface area contributed by atoms with E-state index < -0.39 is 5.97 Å². The number of carboxylic acids is 1. The first-order valence-corrected chi connectivity index (χ1v) is 5.98. The van der Waals surface area contributed by atoms with E-state index in [1.165, 1.54) is 5.56 Å². The van der Waals surface area contributed by atoms with Gasteiger partial charge in [-0.25, -0.2) is 0 Å². The standard InChI is InChI=1S/C14H18O3/c1-3-14(9-11(14)8-13(15)16)10-4-6-12(17-2)7-5-10/h4-7,11H,3,8-9H2,1-2H3,(H,15,16). The Morgan fingerprint density at radius 3 is 2.59 bits per heavy atom. The van der Waals surface area contributed by atoms with E-state index in [-0.39, 0.29) is 11.8 Å². The molecule has 0 aromatic heterocycles. The van der Waals surface area contributed by atoms with Gasteiger partial charge in [0.15, 0.2) is 0 Å². The molecule has 3 heteroatoms. The minimum absolute atomic E-state index is 0.0880. The number of hydrogen-bond donors (Lipinski definition) is 1. The molecule has 0 saturated heterocycles. The van der Waals surface area contributed by atoms with Gasteiger partial charge in [-0.05, 0) is 41.9 Å². The van der Waals surface area contributed by atoms with Crippen LogP contribution in [0.2, 0.25) is 0 Å². The van der Waals surface area contributed by atoms with Gasteiger partial charge in [0.2, 0.25) is 0 Å². The van der Waals surface area contributed by atoms with Crippen LogP contribution < -0.4 is 4.74 Å². The van der Waals surface area contributed by atoms with Crippen molar-refractivity contribution < 1.29 is 14.6 Å². The second kappa shape index (κ2) is 4.40. The van der Waals surface area contributed by atoms with Gasteiger partial charge in [-0.2, -0.15) is 0 Å². The molecule has 3 nitrogen and oxygen atoms in total. The van der Waals surface area contributed by atoms with E-state index in [9.17, 15) is 4.79 Å². The predicted molar refractivity (Wildman–Crippen MR) is 65.3 cm³/mol. The second-order valence-corrected chi connectivity index (χ2v) is 4.74. The third kappa shape index (κ3) is 2.14. The molecule has 1 N–H and O–H groups in total. The first kappa shape index (κ1) is 12.0. The van der Waals surface area contributed by atoms with Crippen molar-refractivity contribution in [2.75, 3.05) is 7.11 Å². The monoisotopic (exact) mass is 234 g/mol. The number of rotatable bonds is 5. The van der Waals surface area contributed by atoms with E-state index >= 15 is 0 Å². The summed E-state index contributed by atoms with van der Waals surface area (Å²) in [5.74, 6) is 0.438. The largest absolute Gasteiger partial charge is 0.497 e. The molecule has 1 aliphatic carbocycles. The van der Waals surface area contributed by atoms with Crippen LogP contribution in [0.5, 0.6) is 5.75 Å². The predicted octanol–water partition coefficient (Wildman–Crippen LogP) is 2.84. The zero-order valence-electron chi connectivity index (χ0n) is 10.3. The van der Waals surface area contributed by atoms with Crippen LogP contribution in [0.3, 0.4) is 0 Å². The highest BCUT2D eigenvalue weighted by Crippen LogP contribution is 2.58. The molecule has 1 aliphatic rings. The van der Waals surface area contributed by atoms with Gasteiger partial charge in [0.25, 0.3) is 0 Å². The molecule has 0 aliphatic heterocycles. The lowest BCUT2D eigenvalue weighted by Crippen LogP contribution is -2.11. The summed E-state index contributed by atoms with van der Waals surface area (Å²) in [4.78, 5) is 10.8. The molecule has 0 amide bonds. The van der Waals surface area contributed by atoms with Gasteiger partial charge >= 0.3 is 5.97 Å². The summed E-state index contributed by atoms with van der Waals surface area (Å²) in [6, 6.07) is 8.01. The van der Waals surface area contributed by atoms with E-state index in [0.717, 1.165) is 18.6 Å². The summed E-state index contributed by atoms with van der Waals surface area (Å²) in [6.45, 7) is 2.13. The number of carbonyl (C=O) groups is 1. The number of aliphatic carboxylic acids is 1. The Morgan fingerprint density at radius 2 is 2.12 bits per heavy atom. The van der Waals surface area contributed by atoms with Crippen molar-refractivity contribution in [2.24, 2.45) is 5.92 Å². The third-order valence-corrected chi connectivity index (χ3v) is 3.95. The summed E-state index contributed by atoms with van der Waals surface area (Å²) in [5, 5.41) is 8.86. The fourth-order valence-electron chi connectivity index (χ4n) is 2.77. The minimum Gasteiger partial charge on any atom is -0.497 e. The minimum atomic E-state index is -0.696. The maximum Gasteiger partial charge on any atom is 0.303 e. The summed E-state index contributed by atoms with van der Waals surface area (Å²) >= 11 is 0. The number of hydrogen-bond acceptors (Lipinski definition) is 2. The van der Waals surface area contributed by atoms with Crippen LogP contribution >= 0.6 is 0 Å². The van der Waals surface area contributed by atoms with Crippen molar-refractivity contribution in [3.05, 3.63) is 29.8 Å². The van der Waals surface area contributed by atoms with Crippen molar-refractivity contribution >= 4 is 5.97 Å². The Balaban J connectivity index is 2.16. The van der Waals surface area contributed by atoms with Gasteiger partial charge in [-0.1, -0.05) is 19.1 Å². The summed E-state index contributed by atoms with van der Waals surface area (Å²) in [5.41, 5.74) is 1.33. The fourth-order valence-corrected chi connectivity index (χ4v) is 2.77. The lowest BCUT2D eigenvalue weighted by molar-refractivity contribution is -0.137. The average Bonchev–Trinajstić information content (AvgIpc) is 3.03. The van der Waals surface area contributed by atoms with E-state index in [1.54, 1.807) is 7.11 Å². The van der Waals surface area contributed by atoms with Crippen molar-refractivity contribution in [3.63, 3.8) is 0 Å². The van der Waals surface area contributed by atoms with Crippen molar-refractivity contribution in [1.29, 1.82) is 0 Å². The highest BCUT2D eigenvalue weighted by atomic mass is 16.5. The molecule has 1 fully saturated rings. The van der Waals surface area contributed by atoms with Crippen molar-refractivity contribution in [2.45, 2.75) is 31.6 Å². The number of ether oxygens (including phenoxy) is 1. The fraction of sp³-hybridized carbons (Fsp3) is 0.500. The third-order valence-electron chi connectivity index (χ3n) is 3.95. The van der Waals surface area contributed by atoms with Gasteiger partial charge in [0.1, 0.15) is 5.75 Å². The molecule has 1 aromatic rings. The lowest BCUT2D eigenvalue weighted by Gasteiger charge is -2.15. The number of methoxy groups -OCH3 is 1. The SMILES string of the molecule is CCC1(c2ccc(OC)cc2)CC1CC(=O)O. The van der Waals surface area contributed by atoms with Crippen LogP contribution in [0.4, 0.5) is 0 Å². The maximum absolute atomic E-state index is 10.8. The molecular formula is C14H18O3. The first-order valence-electron chi connectivity index (χ1n) is 5.98. The van der Waals surface area contributed by atoms with E-state index in [2.05, 4.69) is 19.1 Å². The molecule has 92 valence electrons. The summed E-state index contributed by atoms with van der Waals surface area (Å²) < 4.78 is 5.13. The van der Waals surface area contributed by atoms with Gasteiger partial charge in [0, 0.05) is 6.42 Å². The van der Waals surface area contributed by atoms with Gasteiger partial charge in [-0.3, -0.25) is 4.79 Å². The highest BCUT2D eigenvalue weighted by Gasteiger charge is 2.54.